The molecule has 0 aromatic carbocycles. The van der Waals surface area contributed by atoms with Gasteiger partial charge in [-0.05, 0) is 33.6 Å². The van der Waals surface area contributed by atoms with Gasteiger partial charge < -0.3 is 19.9 Å². The molecular formula is C17H24N4O6. The predicted molar refractivity (Wildman–Crippen MR) is 93.6 cm³/mol. The molecule has 10 nitrogen and oxygen atoms in total. The number of hydrogen-bond acceptors (Lipinski definition) is 7. The van der Waals surface area contributed by atoms with Gasteiger partial charge in [0.1, 0.15) is 17.8 Å². The highest BCUT2D eigenvalue weighted by atomic mass is 16.5. The van der Waals surface area contributed by atoms with Crippen LogP contribution in [0.2, 0.25) is 0 Å². The van der Waals surface area contributed by atoms with E-state index in [9.17, 15) is 19.2 Å². The second-order valence-corrected chi connectivity index (χ2v) is 6.88. The van der Waals surface area contributed by atoms with Gasteiger partial charge in [0.25, 0.3) is 11.8 Å². The summed E-state index contributed by atoms with van der Waals surface area (Å²) in [6, 6.07) is 0.862. The maximum Gasteiger partial charge on any atom is 0.327 e. The number of aryl methyl sites for hydroxylation is 1. The lowest BCUT2D eigenvalue weighted by Crippen LogP contribution is -2.42. The van der Waals surface area contributed by atoms with Crippen LogP contribution in [0.25, 0.3) is 0 Å². The Kier molecular flexibility index (Phi) is 6.19. The Balaban J connectivity index is 2.00. The number of rotatable bonds is 8. The Morgan fingerprint density at radius 3 is 2.63 bits per heavy atom. The molecule has 0 saturated carbocycles. The van der Waals surface area contributed by atoms with E-state index in [0.717, 1.165) is 11.3 Å². The molecule has 2 N–H and O–H groups in total. The minimum absolute atomic E-state index is 0.214. The number of amides is 4. The molecule has 0 spiro atoms. The van der Waals surface area contributed by atoms with E-state index < -0.39 is 42.0 Å². The number of esters is 1. The number of urea groups is 1. The quantitative estimate of drug-likeness (QED) is 0.514. The molecule has 10 heteroatoms. The lowest BCUT2D eigenvalue weighted by Gasteiger charge is -2.19. The van der Waals surface area contributed by atoms with Crippen LogP contribution in [-0.2, 0) is 19.1 Å². The molecule has 0 aliphatic carbocycles. The first kappa shape index (κ1) is 20.4. The highest BCUT2D eigenvalue weighted by molar-refractivity contribution is 6.08. The molecule has 1 fully saturated rings. The third-order valence-corrected chi connectivity index (χ3v) is 4.00. The first-order valence-electron chi connectivity index (χ1n) is 8.72. The number of anilines is 1. The van der Waals surface area contributed by atoms with Gasteiger partial charge >= 0.3 is 12.0 Å². The molecular weight excluding hydrogens is 356 g/mol. The number of ether oxygens (including phenoxy) is 1. The summed E-state index contributed by atoms with van der Waals surface area (Å²) in [6.07, 6.45) is 0.685. The van der Waals surface area contributed by atoms with Crippen LogP contribution in [0.3, 0.4) is 0 Å². The largest absolute Gasteiger partial charge is 0.451 e. The van der Waals surface area contributed by atoms with Gasteiger partial charge in [0.15, 0.2) is 11.9 Å². The average Bonchev–Trinajstić information content (AvgIpc) is 3.07. The third kappa shape index (κ3) is 5.05. The van der Waals surface area contributed by atoms with E-state index in [2.05, 4.69) is 15.8 Å². The Labute approximate surface area is 156 Å². The Morgan fingerprint density at radius 2 is 2.11 bits per heavy atom. The summed E-state index contributed by atoms with van der Waals surface area (Å²) >= 11 is 0. The normalized spacial score (nSPS) is 16.8. The van der Waals surface area contributed by atoms with Crippen molar-refractivity contribution in [1.29, 1.82) is 0 Å². The van der Waals surface area contributed by atoms with Crippen molar-refractivity contribution in [3.63, 3.8) is 0 Å². The topological polar surface area (TPSA) is 131 Å². The van der Waals surface area contributed by atoms with Crippen LogP contribution in [0.1, 0.15) is 45.8 Å². The van der Waals surface area contributed by atoms with E-state index in [-0.39, 0.29) is 5.82 Å². The SMILES string of the molecule is CCCCC(OC(=O)CN1C(=O)NC(C)(C)C1=O)C(=O)Nc1cc(C)on1. The van der Waals surface area contributed by atoms with Crippen molar-refractivity contribution in [3.05, 3.63) is 11.8 Å². The van der Waals surface area contributed by atoms with Crippen LogP contribution in [0.4, 0.5) is 10.6 Å². The van der Waals surface area contributed by atoms with E-state index >= 15 is 0 Å². The molecule has 0 bridgehead atoms. The van der Waals surface area contributed by atoms with Crippen LogP contribution in [-0.4, -0.2) is 52.1 Å². The summed E-state index contributed by atoms with van der Waals surface area (Å²) in [4.78, 5) is 49.4. The molecule has 4 amide bonds. The minimum Gasteiger partial charge on any atom is -0.451 e. The van der Waals surface area contributed by atoms with E-state index in [1.165, 1.54) is 19.9 Å². The highest BCUT2D eigenvalue weighted by Crippen LogP contribution is 2.17. The fourth-order valence-corrected chi connectivity index (χ4v) is 2.55. The molecule has 1 atom stereocenters. The standard InChI is InChI=1S/C17H24N4O6/c1-5-6-7-11(14(23)18-12-8-10(2)27-20-12)26-13(22)9-21-15(24)17(3,4)19-16(21)25/h8,11H,5-7,9H2,1-4H3,(H,19,25)(H,18,20,23). The molecule has 1 aromatic rings. The third-order valence-electron chi connectivity index (χ3n) is 4.00. The van der Waals surface area contributed by atoms with Crippen LogP contribution in [0.5, 0.6) is 0 Å². The van der Waals surface area contributed by atoms with Gasteiger partial charge in [0.05, 0.1) is 0 Å². The molecule has 2 rings (SSSR count). The van der Waals surface area contributed by atoms with Gasteiger partial charge in [-0.15, -0.1) is 0 Å². The summed E-state index contributed by atoms with van der Waals surface area (Å²) in [5, 5.41) is 8.66. The maximum absolute atomic E-state index is 12.4. The molecule has 0 radical (unpaired) electrons. The Morgan fingerprint density at radius 1 is 1.41 bits per heavy atom. The fourth-order valence-electron chi connectivity index (χ4n) is 2.55. The average molecular weight is 380 g/mol. The first-order valence-corrected chi connectivity index (χ1v) is 8.72. The van der Waals surface area contributed by atoms with Crippen molar-refractivity contribution in [2.24, 2.45) is 0 Å². The zero-order valence-corrected chi connectivity index (χ0v) is 15.8. The zero-order chi connectivity index (χ0) is 20.2. The highest BCUT2D eigenvalue weighted by Gasteiger charge is 2.45. The molecule has 1 saturated heterocycles. The van der Waals surface area contributed by atoms with Gasteiger partial charge in [-0.1, -0.05) is 18.5 Å². The van der Waals surface area contributed by atoms with Gasteiger partial charge in [-0.2, -0.15) is 0 Å². The Hall–Kier alpha value is -2.91. The van der Waals surface area contributed by atoms with E-state index in [1.807, 2.05) is 6.92 Å². The van der Waals surface area contributed by atoms with E-state index in [1.54, 1.807) is 6.92 Å². The van der Waals surface area contributed by atoms with Crippen LogP contribution < -0.4 is 10.6 Å². The number of nitrogens with one attached hydrogen (secondary N) is 2. The molecule has 1 aliphatic heterocycles. The maximum atomic E-state index is 12.4. The number of unbranched alkanes of at least 4 members (excludes halogenated alkanes) is 1. The van der Waals surface area contributed by atoms with Gasteiger partial charge in [-0.3, -0.25) is 19.3 Å². The van der Waals surface area contributed by atoms with Crippen LogP contribution in [0, 0.1) is 6.92 Å². The first-order chi connectivity index (χ1) is 12.6. The number of hydrogen-bond donors (Lipinski definition) is 2. The molecule has 27 heavy (non-hydrogen) atoms. The van der Waals surface area contributed by atoms with E-state index in [4.69, 9.17) is 9.26 Å². The number of carbonyl (C=O) groups excluding carboxylic acids is 4. The summed E-state index contributed by atoms with van der Waals surface area (Å²) in [5.74, 6) is -1.19. The Bertz CT molecular complexity index is 742. The minimum atomic E-state index is -1.08. The van der Waals surface area contributed by atoms with Crippen molar-refractivity contribution in [2.75, 3.05) is 11.9 Å². The number of imide groups is 1. The van der Waals surface area contributed by atoms with Crippen molar-refractivity contribution in [3.8, 4) is 0 Å². The van der Waals surface area contributed by atoms with Crippen molar-refractivity contribution >= 4 is 29.6 Å². The lowest BCUT2D eigenvalue weighted by atomic mass is 10.1. The summed E-state index contributed by atoms with van der Waals surface area (Å²) in [5.41, 5.74) is -1.08. The number of carbonyl (C=O) groups is 4. The smallest absolute Gasteiger partial charge is 0.327 e. The van der Waals surface area contributed by atoms with Crippen molar-refractivity contribution in [2.45, 2.75) is 58.6 Å². The van der Waals surface area contributed by atoms with E-state index in [0.29, 0.717) is 18.6 Å². The molecule has 1 aliphatic rings. The number of nitrogens with zero attached hydrogens (tertiary/aromatic N) is 2. The summed E-state index contributed by atoms with van der Waals surface area (Å²) in [7, 11) is 0. The van der Waals surface area contributed by atoms with Crippen molar-refractivity contribution in [1.82, 2.24) is 15.4 Å². The lowest BCUT2D eigenvalue weighted by molar-refractivity contribution is -0.156. The van der Waals surface area contributed by atoms with Crippen molar-refractivity contribution < 1.29 is 28.4 Å². The predicted octanol–water partition coefficient (Wildman–Crippen LogP) is 1.35. The molecule has 2 heterocycles. The molecule has 1 aromatic heterocycles. The fraction of sp³-hybridized carbons (Fsp3) is 0.588. The van der Waals surface area contributed by atoms with Gasteiger partial charge in [0, 0.05) is 6.07 Å². The zero-order valence-electron chi connectivity index (χ0n) is 15.8. The van der Waals surface area contributed by atoms with Gasteiger partial charge in [-0.25, -0.2) is 4.79 Å². The number of aromatic nitrogens is 1. The summed E-state index contributed by atoms with van der Waals surface area (Å²) in [6.45, 7) is 6.13. The monoisotopic (exact) mass is 380 g/mol. The summed E-state index contributed by atoms with van der Waals surface area (Å²) < 4.78 is 10.1. The van der Waals surface area contributed by atoms with Gasteiger partial charge in [0.2, 0.25) is 0 Å². The second kappa shape index (κ2) is 8.19. The molecule has 1 unspecified atom stereocenters. The van der Waals surface area contributed by atoms with Crippen LogP contribution >= 0.6 is 0 Å². The second-order valence-electron chi connectivity index (χ2n) is 6.88. The molecule has 148 valence electrons. The van der Waals surface area contributed by atoms with Crippen LogP contribution in [0.15, 0.2) is 10.6 Å².